The van der Waals surface area contributed by atoms with Crippen LogP contribution in [0.2, 0.25) is 0 Å². The number of pyridine rings is 1. The minimum Gasteiger partial charge on any atom is -0.494 e. The fourth-order valence-corrected chi connectivity index (χ4v) is 2.04. The molecule has 1 atom stereocenters. The van der Waals surface area contributed by atoms with Crippen molar-refractivity contribution < 1.29 is 19.0 Å². The lowest BCUT2D eigenvalue weighted by molar-refractivity contribution is 0.0578. The lowest BCUT2D eigenvalue weighted by atomic mass is 10.1. The van der Waals surface area contributed by atoms with Crippen molar-refractivity contribution in [2.75, 3.05) is 13.7 Å². The van der Waals surface area contributed by atoms with Crippen LogP contribution < -0.4 is 14.2 Å². The molecule has 1 unspecified atom stereocenters. The molecule has 0 radical (unpaired) electrons. The number of aromatic nitrogens is 1. The second kappa shape index (κ2) is 5.21. The molecule has 0 spiro atoms. The summed E-state index contributed by atoms with van der Waals surface area (Å²) in [5, 5.41) is 0. The van der Waals surface area contributed by atoms with Crippen LogP contribution in [0.15, 0.2) is 42.6 Å². The van der Waals surface area contributed by atoms with Gasteiger partial charge in [0.05, 0.1) is 7.11 Å². The van der Waals surface area contributed by atoms with Crippen molar-refractivity contribution in [2.24, 2.45) is 0 Å². The second-order valence-electron chi connectivity index (χ2n) is 4.28. The average molecular weight is 271 g/mol. The first-order valence-electron chi connectivity index (χ1n) is 6.21. The Labute approximate surface area is 116 Å². The summed E-state index contributed by atoms with van der Waals surface area (Å²) in [6, 6.07) is 10.7. The van der Waals surface area contributed by atoms with E-state index in [2.05, 4.69) is 4.98 Å². The summed E-state index contributed by atoms with van der Waals surface area (Å²) in [6.45, 7) is 0.162. The van der Waals surface area contributed by atoms with Crippen LogP contribution in [0.4, 0.5) is 0 Å². The van der Waals surface area contributed by atoms with Gasteiger partial charge in [-0.2, -0.15) is 0 Å². The zero-order valence-corrected chi connectivity index (χ0v) is 10.9. The Balaban J connectivity index is 1.86. The van der Waals surface area contributed by atoms with Crippen LogP contribution >= 0.6 is 0 Å². The molecule has 1 aliphatic heterocycles. The van der Waals surface area contributed by atoms with Crippen molar-refractivity contribution in [3.8, 4) is 17.2 Å². The molecule has 0 saturated carbocycles. The molecule has 0 saturated heterocycles. The molecular weight excluding hydrogens is 258 g/mol. The topological polar surface area (TPSA) is 57.7 Å². The van der Waals surface area contributed by atoms with Gasteiger partial charge in [-0.1, -0.05) is 12.1 Å². The average Bonchev–Trinajstić information content (AvgIpc) is 2.53. The van der Waals surface area contributed by atoms with Gasteiger partial charge in [0.25, 0.3) is 0 Å². The molecule has 0 N–H and O–H groups in total. The van der Waals surface area contributed by atoms with Crippen LogP contribution in [0.3, 0.4) is 0 Å². The van der Waals surface area contributed by atoms with Gasteiger partial charge in [0.15, 0.2) is 23.3 Å². The number of ether oxygens (including phenoxy) is 3. The summed E-state index contributed by atoms with van der Waals surface area (Å²) >= 11 is 0. The van der Waals surface area contributed by atoms with Crippen LogP contribution in [0.25, 0.3) is 0 Å². The maximum Gasteiger partial charge on any atom is 0.228 e. The third-order valence-electron chi connectivity index (χ3n) is 3.03. The SMILES string of the molecule is COc1cccnc1C(=O)C1COc2ccccc2O1. The van der Waals surface area contributed by atoms with E-state index in [0.717, 1.165) is 0 Å². The molecule has 0 amide bonds. The predicted octanol–water partition coefficient (Wildman–Crippen LogP) is 2.11. The molecule has 5 nitrogen and oxygen atoms in total. The molecule has 1 aliphatic rings. The monoisotopic (exact) mass is 271 g/mol. The highest BCUT2D eigenvalue weighted by molar-refractivity contribution is 6.00. The molecule has 0 bridgehead atoms. The van der Waals surface area contributed by atoms with Crippen LogP contribution in [-0.2, 0) is 0 Å². The summed E-state index contributed by atoms with van der Waals surface area (Å²) < 4.78 is 16.4. The molecule has 1 aromatic heterocycles. The fourth-order valence-electron chi connectivity index (χ4n) is 2.04. The standard InChI is InChI=1S/C15H13NO4/c1-18-12-7-4-8-16-14(12)15(17)13-9-19-10-5-2-3-6-11(10)20-13/h2-8,13H,9H2,1H3. The normalized spacial score (nSPS) is 16.6. The van der Waals surface area contributed by atoms with Gasteiger partial charge in [-0.3, -0.25) is 4.79 Å². The minimum atomic E-state index is -0.714. The van der Waals surface area contributed by atoms with Crippen LogP contribution in [0.1, 0.15) is 10.5 Å². The number of carbonyl (C=O) groups excluding carboxylic acids is 1. The molecule has 1 aromatic carbocycles. The third-order valence-corrected chi connectivity index (χ3v) is 3.03. The highest BCUT2D eigenvalue weighted by Gasteiger charge is 2.30. The Hall–Kier alpha value is -2.56. The van der Waals surface area contributed by atoms with Crippen molar-refractivity contribution >= 4 is 5.78 Å². The van der Waals surface area contributed by atoms with E-state index in [1.54, 1.807) is 30.5 Å². The molecule has 5 heteroatoms. The number of Topliss-reactive ketones (excluding diaryl/α,β-unsaturated/α-hetero) is 1. The van der Waals surface area contributed by atoms with Gasteiger partial charge in [0, 0.05) is 6.20 Å². The number of hydrogen-bond acceptors (Lipinski definition) is 5. The number of ketones is 1. The first kappa shape index (κ1) is 12.5. The minimum absolute atomic E-state index is 0.162. The number of methoxy groups -OCH3 is 1. The summed E-state index contributed by atoms with van der Waals surface area (Å²) in [4.78, 5) is 16.5. The van der Waals surface area contributed by atoms with E-state index in [0.29, 0.717) is 17.2 Å². The maximum absolute atomic E-state index is 12.4. The zero-order valence-electron chi connectivity index (χ0n) is 10.9. The Morgan fingerprint density at radius 2 is 2.05 bits per heavy atom. The second-order valence-corrected chi connectivity index (χ2v) is 4.28. The highest BCUT2D eigenvalue weighted by Crippen LogP contribution is 2.32. The van der Waals surface area contributed by atoms with E-state index >= 15 is 0 Å². The van der Waals surface area contributed by atoms with Crippen molar-refractivity contribution in [3.63, 3.8) is 0 Å². The highest BCUT2D eigenvalue weighted by atomic mass is 16.6. The van der Waals surface area contributed by atoms with Gasteiger partial charge < -0.3 is 14.2 Å². The Bertz CT molecular complexity index is 641. The fraction of sp³-hybridized carbons (Fsp3) is 0.200. The number of hydrogen-bond donors (Lipinski definition) is 0. The van der Waals surface area contributed by atoms with Crippen LogP contribution in [-0.4, -0.2) is 30.6 Å². The number of rotatable bonds is 3. The van der Waals surface area contributed by atoms with Crippen LogP contribution in [0, 0.1) is 0 Å². The van der Waals surface area contributed by atoms with Gasteiger partial charge in [-0.15, -0.1) is 0 Å². The van der Waals surface area contributed by atoms with Crippen molar-refractivity contribution in [2.45, 2.75) is 6.10 Å². The summed E-state index contributed by atoms with van der Waals surface area (Å²) in [5.41, 5.74) is 0.253. The number of nitrogens with zero attached hydrogens (tertiary/aromatic N) is 1. The predicted molar refractivity (Wildman–Crippen MR) is 71.5 cm³/mol. The van der Waals surface area contributed by atoms with Crippen molar-refractivity contribution in [3.05, 3.63) is 48.3 Å². The smallest absolute Gasteiger partial charge is 0.228 e. The van der Waals surface area contributed by atoms with E-state index in [1.807, 2.05) is 12.1 Å². The van der Waals surface area contributed by atoms with Crippen molar-refractivity contribution in [1.82, 2.24) is 4.98 Å². The van der Waals surface area contributed by atoms with E-state index in [4.69, 9.17) is 14.2 Å². The molecule has 102 valence electrons. The number of fused-ring (bicyclic) bond motifs is 1. The van der Waals surface area contributed by atoms with Crippen molar-refractivity contribution in [1.29, 1.82) is 0 Å². The molecule has 2 heterocycles. The number of para-hydroxylation sites is 2. The van der Waals surface area contributed by atoms with E-state index in [-0.39, 0.29) is 18.1 Å². The van der Waals surface area contributed by atoms with Gasteiger partial charge in [-0.05, 0) is 24.3 Å². The number of benzene rings is 1. The molecule has 20 heavy (non-hydrogen) atoms. The summed E-state index contributed by atoms with van der Waals surface area (Å²) in [6.07, 6.45) is 0.835. The largest absolute Gasteiger partial charge is 0.494 e. The Kier molecular flexibility index (Phi) is 3.25. The van der Waals surface area contributed by atoms with E-state index < -0.39 is 6.10 Å². The molecule has 0 fully saturated rings. The number of carbonyl (C=O) groups is 1. The molecule has 2 aromatic rings. The van der Waals surface area contributed by atoms with E-state index in [1.165, 1.54) is 7.11 Å². The maximum atomic E-state index is 12.4. The molecule has 3 rings (SSSR count). The lowest BCUT2D eigenvalue weighted by Gasteiger charge is -2.25. The summed E-state index contributed by atoms with van der Waals surface area (Å²) in [7, 11) is 1.50. The first-order valence-corrected chi connectivity index (χ1v) is 6.21. The van der Waals surface area contributed by atoms with Gasteiger partial charge in [0.1, 0.15) is 12.4 Å². The van der Waals surface area contributed by atoms with Crippen LogP contribution in [0.5, 0.6) is 17.2 Å². The Morgan fingerprint density at radius 3 is 2.85 bits per heavy atom. The molecule has 0 aliphatic carbocycles. The summed E-state index contributed by atoms with van der Waals surface area (Å²) in [5.74, 6) is 1.38. The van der Waals surface area contributed by atoms with E-state index in [9.17, 15) is 4.79 Å². The van der Waals surface area contributed by atoms with Gasteiger partial charge >= 0.3 is 0 Å². The Morgan fingerprint density at radius 1 is 1.25 bits per heavy atom. The lowest BCUT2D eigenvalue weighted by Crippen LogP contribution is -2.37. The van der Waals surface area contributed by atoms with Gasteiger partial charge in [0.2, 0.25) is 5.78 Å². The zero-order chi connectivity index (χ0) is 13.9. The quantitative estimate of drug-likeness (QED) is 0.800. The van der Waals surface area contributed by atoms with Gasteiger partial charge in [-0.25, -0.2) is 4.98 Å². The molecular formula is C15H13NO4. The third kappa shape index (κ3) is 2.18. The first-order chi connectivity index (χ1) is 9.79.